The lowest BCUT2D eigenvalue weighted by Crippen LogP contribution is -2.33. The van der Waals surface area contributed by atoms with Crippen LogP contribution in [0, 0.1) is 13.8 Å². The first kappa shape index (κ1) is 22.4. The summed E-state index contributed by atoms with van der Waals surface area (Å²) in [6, 6.07) is 6.20. The van der Waals surface area contributed by atoms with Crippen molar-refractivity contribution in [3.8, 4) is 0 Å². The molecule has 0 aliphatic carbocycles. The summed E-state index contributed by atoms with van der Waals surface area (Å²) in [5.41, 5.74) is 2.77. The number of carbonyl (C=O) groups is 3. The fourth-order valence-electron chi connectivity index (χ4n) is 2.84. The number of benzene rings is 1. The number of esters is 1. The first-order valence-electron chi connectivity index (χ1n) is 9.11. The Bertz CT molecular complexity index is 908. The third-order valence-electron chi connectivity index (χ3n) is 4.46. The molecule has 0 radical (unpaired) electrons. The molecule has 0 aliphatic rings. The molecule has 1 aromatic carbocycles. The zero-order chi connectivity index (χ0) is 21.7. The fourth-order valence-corrected chi connectivity index (χ4v) is 2.96. The zero-order valence-electron chi connectivity index (χ0n) is 17.1. The maximum atomic E-state index is 12.4. The van der Waals surface area contributed by atoms with E-state index in [1.54, 1.807) is 42.9 Å². The predicted molar refractivity (Wildman–Crippen MR) is 109 cm³/mol. The number of ether oxygens (including phenoxy) is 1. The second-order valence-corrected chi connectivity index (χ2v) is 7.24. The van der Waals surface area contributed by atoms with Crippen molar-refractivity contribution in [2.24, 2.45) is 7.05 Å². The highest BCUT2D eigenvalue weighted by Gasteiger charge is 2.24. The van der Waals surface area contributed by atoms with E-state index in [1.807, 2.05) is 6.92 Å². The Labute approximate surface area is 174 Å². The van der Waals surface area contributed by atoms with Crippen molar-refractivity contribution in [3.63, 3.8) is 0 Å². The van der Waals surface area contributed by atoms with Gasteiger partial charge in [0.15, 0.2) is 6.10 Å². The molecule has 2 amide bonds. The number of aromatic nitrogens is 2. The van der Waals surface area contributed by atoms with Crippen molar-refractivity contribution in [3.05, 3.63) is 46.2 Å². The Hall–Kier alpha value is -2.87. The number of nitrogens with zero attached hydrogens (tertiary/aromatic N) is 2. The zero-order valence-corrected chi connectivity index (χ0v) is 17.8. The van der Waals surface area contributed by atoms with Gasteiger partial charge in [0.05, 0.1) is 29.5 Å². The monoisotopic (exact) mass is 420 g/mol. The summed E-state index contributed by atoms with van der Waals surface area (Å²) in [5.74, 6) is -1.35. The third kappa shape index (κ3) is 6.05. The number of amides is 2. The summed E-state index contributed by atoms with van der Waals surface area (Å²) in [6.07, 6.45) is -1.13. The number of aryl methyl sites for hydroxylation is 2. The van der Waals surface area contributed by atoms with E-state index < -0.39 is 24.0 Å². The molecular formula is C20H25ClN4O4. The normalized spacial score (nSPS) is 12.8. The Balaban J connectivity index is 2.01. The molecule has 0 bridgehead atoms. The van der Waals surface area contributed by atoms with Gasteiger partial charge < -0.3 is 15.4 Å². The second-order valence-electron chi connectivity index (χ2n) is 6.80. The van der Waals surface area contributed by atoms with Gasteiger partial charge in [-0.3, -0.25) is 19.1 Å². The molecular weight excluding hydrogens is 396 g/mol. The van der Waals surface area contributed by atoms with E-state index in [0.717, 1.165) is 5.69 Å². The highest BCUT2D eigenvalue weighted by Crippen LogP contribution is 2.21. The van der Waals surface area contributed by atoms with Crippen LogP contribution in [0.2, 0.25) is 5.02 Å². The van der Waals surface area contributed by atoms with Gasteiger partial charge in [-0.05, 0) is 38.5 Å². The van der Waals surface area contributed by atoms with E-state index in [-0.39, 0.29) is 12.3 Å². The average molecular weight is 421 g/mol. The van der Waals surface area contributed by atoms with Gasteiger partial charge in [0.2, 0.25) is 5.91 Å². The minimum absolute atomic E-state index is 0.121. The van der Waals surface area contributed by atoms with E-state index in [0.29, 0.717) is 22.0 Å². The lowest BCUT2D eigenvalue weighted by molar-refractivity contribution is -0.153. The molecule has 2 aromatic rings. The van der Waals surface area contributed by atoms with Crippen molar-refractivity contribution in [2.45, 2.75) is 46.3 Å². The van der Waals surface area contributed by atoms with Crippen LogP contribution in [0.25, 0.3) is 0 Å². The summed E-state index contributed by atoms with van der Waals surface area (Å²) >= 11 is 5.89. The molecule has 2 N–H and O–H groups in total. The smallest absolute Gasteiger partial charge is 0.309 e. The van der Waals surface area contributed by atoms with E-state index in [4.69, 9.17) is 16.3 Å². The van der Waals surface area contributed by atoms with Crippen LogP contribution < -0.4 is 10.6 Å². The van der Waals surface area contributed by atoms with Crippen LogP contribution in [-0.2, 0) is 26.2 Å². The van der Waals surface area contributed by atoms with Gasteiger partial charge in [-0.1, -0.05) is 23.7 Å². The summed E-state index contributed by atoms with van der Waals surface area (Å²) in [5, 5.41) is 10.2. The minimum atomic E-state index is -1.01. The van der Waals surface area contributed by atoms with Gasteiger partial charge >= 0.3 is 5.97 Å². The van der Waals surface area contributed by atoms with Gasteiger partial charge in [-0.25, -0.2) is 0 Å². The number of hydrogen-bond donors (Lipinski definition) is 2. The fraction of sp³-hybridized carbons (Fsp3) is 0.400. The van der Waals surface area contributed by atoms with Crippen LogP contribution in [0.3, 0.4) is 0 Å². The molecule has 2 atom stereocenters. The first-order chi connectivity index (χ1) is 13.6. The molecule has 0 spiro atoms. The standard InChI is InChI=1S/C20H25ClN4O4/c1-11-19(12(2)25(5)24-11)23-20(28)13(3)29-18(27)10-17(22-14(4)26)15-6-8-16(21)9-7-15/h6-9,13,17H,10H2,1-5H3,(H,22,26)(H,23,28). The predicted octanol–water partition coefficient (Wildman–Crippen LogP) is 2.83. The van der Waals surface area contributed by atoms with E-state index >= 15 is 0 Å². The maximum Gasteiger partial charge on any atom is 0.309 e. The number of carbonyl (C=O) groups excluding carboxylic acids is 3. The Kier molecular flexibility index (Phi) is 7.39. The van der Waals surface area contributed by atoms with Crippen LogP contribution in [-0.4, -0.2) is 33.7 Å². The number of nitrogens with one attached hydrogen (secondary N) is 2. The molecule has 0 saturated carbocycles. The van der Waals surface area contributed by atoms with Gasteiger partial charge in [0.1, 0.15) is 0 Å². The van der Waals surface area contributed by atoms with Crippen molar-refractivity contribution >= 4 is 35.1 Å². The van der Waals surface area contributed by atoms with Gasteiger partial charge in [0, 0.05) is 19.0 Å². The average Bonchev–Trinajstić information content (AvgIpc) is 2.87. The van der Waals surface area contributed by atoms with E-state index in [2.05, 4.69) is 15.7 Å². The Morgan fingerprint density at radius 3 is 2.34 bits per heavy atom. The molecule has 29 heavy (non-hydrogen) atoms. The number of halogens is 1. The second kappa shape index (κ2) is 9.56. The molecule has 2 unspecified atom stereocenters. The third-order valence-corrected chi connectivity index (χ3v) is 4.71. The molecule has 0 fully saturated rings. The molecule has 156 valence electrons. The SMILES string of the molecule is CC(=O)NC(CC(=O)OC(C)C(=O)Nc1c(C)nn(C)c1C)c1ccc(Cl)cc1. The Morgan fingerprint density at radius 2 is 1.83 bits per heavy atom. The van der Waals surface area contributed by atoms with E-state index in [1.165, 1.54) is 13.8 Å². The maximum absolute atomic E-state index is 12.4. The van der Waals surface area contributed by atoms with Crippen molar-refractivity contribution in [1.29, 1.82) is 0 Å². The molecule has 2 rings (SSSR count). The molecule has 1 aromatic heterocycles. The van der Waals surface area contributed by atoms with Crippen LogP contribution in [0.15, 0.2) is 24.3 Å². The van der Waals surface area contributed by atoms with Crippen molar-refractivity contribution in [1.82, 2.24) is 15.1 Å². The number of anilines is 1. The summed E-state index contributed by atoms with van der Waals surface area (Å²) < 4.78 is 6.93. The highest BCUT2D eigenvalue weighted by molar-refractivity contribution is 6.30. The van der Waals surface area contributed by atoms with Crippen LogP contribution in [0.5, 0.6) is 0 Å². The highest BCUT2D eigenvalue weighted by atomic mass is 35.5. The molecule has 0 aliphatic heterocycles. The molecule has 8 nitrogen and oxygen atoms in total. The van der Waals surface area contributed by atoms with Crippen LogP contribution in [0.4, 0.5) is 5.69 Å². The molecule has 0 saturated heterocycles. The van der Waals surface area contributed by atoms with Crippen LogP contribution >= 0.6 is 11.6 Å². The first-order valence-corrected chi connectivity index (χ1v) is 9.49. The number of hydrogen-bond acceptors (Lipinski definition) is 5. The van der Waals surface area contributed by atoms with Gasteiger partial charge in [-0.2, -0.15) is 5.10 Å². The lowest BCUT2D eigenvalue weighted by Gasteiger charge is -2.19. The Morgan fingerprint density at radius 1 is 1.21 bits per heavy atom. The summed E-state index contributed by atoms with van der Waals surface area (Å²) in [4.78, 5) is 36.3. The summed E-state index contributed by atoms with van der Waals surface area (Å²) in [6.45, 7) is 6.46. The van der Waals surface area contributed by atoms with E-state index in [9.17, 15) is 14.4 Å². The van der Waals surface area contributed by atoms with Crippen LogP contribution in [0.1, 0.15) is 43.3 Å². The van der Waals surface area contributed by atoms with Crippen molar-refractivity contribution in [2.75, 3.05) is 5.32 Å². The lowest BCUT2D eigenvalue weighted by atomic mass is 10.0. The molecule has 9 heteroatoms. The topological polar surface area (TPSA) is 102 Å². The van der Waals surface area contributed by atoms with Gasteiger partial charge in [0.25, 0.3) is 5.91 Å². The molecule has 1 heterocycles. The number of rotatable bonds is 7. The summed E-state index contributed by atoms with van der Waals surface area (Å²) in [7, 11) is 1.78. The quantitative estimate of drug-likeness (QED) is 0.670. The van der Waals surface area contributed by atoms with Gasteiger partial charge in [-0.15, -0.1) is 0 Å². The van der Waals surface area contributed by atoms with Crippen molar-refractivity contribution < 1.29 is 19.1 Å². The minimum Gasteiger partial charge on any atom is -0.452 e. The largest absolute Gasteiger partial charge is 0.452 e.